The highest BCUT2D eigenvalue weighted by Crippen LogP contribution is 2.61. The Kier molecular flexibility index (Phi) is 3.19. The quantitative estimate of drug-likeness (QED) is 0.833. The molecule has 120 valence electrons. The number of benzene rings is 1. The maximum atomic E-state index is 10.4. The van der Waals surface area contributed by atoms with Crippen molar-refractivity contribution in [1.82, 2.24) is 0 Å². The molecule has 0 aromatic heterocycles. The minimum absolute atomic E-state index is 0.116. The molecule has 2 N–H and O–H groups in total. The van der Waals surface area contributed by atoms with Crippen LogP contribution in [-0.4, -0.2) is 23.4 Å². The van der Waals surface area contributed by atoms with Crippen molar-refractivity contribution in [3.8, 4) is 11.5 Å². The topological polar surface area (TPSA) is 49.7 Å². The highest BCUT2D eigenvalue weighted by molar-refractivity contribution is 5.49. The summed E-state index contributed by atoms with van der Waals surface area (Å²) in [5.41, 5.74) is 2.80. The van der Waals surface area contributed by atoms with E-state index in [1.165, 1.54) is 24.0 Å². The molecule has 5 atom stereocenters. The Morgan fingerprint density at radius 3 is 2.77 bits per heavy atom. The molecular weight excluding hydrogens is 276 g/mol. The molecule has 1 aromatic rings. The van der Waals surface area contributed by atoms with E-state index in [1.54, 1.807) is 7.11 Å². The maximum Gasteiger partial charge on any atom is 0.160 e. The van der Waals surface area contributed by atoms with E-state index in [0.717, 1.165) is 25.7 Å². The molecule has 3 heteroatoms. The third kappa shape index (κ3) is 1.84. The molecule has 3 nitrogen and oxygen atoms in total. The minimum Gasteiger partial charge on any atom is -0.504 e. The number of aliphatic hydroxyl groups is 1. The number of rotatable bonds is 1. The molecule has 22 heavy (non-hydrogen) atoms. The van der Waals surface area contributed by atoms with Gasteiger partial charge in [0, 0.05) is 0 Å². The first-order valence-electron chi connectivity index (χ1n) is 8.62. The smallest absolute Gasteiger partial charge is 0.160 e. The van der Waals surface area contributed by atoms with Crippen LogP contribution in [0, 0.1) is 17.3 Å². The lowest BCUT2D eigenvalue weighted by atomic mass is 9.55. The van der Waals surface area contributed by atoms with Gasteiger partial charge in [0.05, 0.1) is 13.2 Å². The van der Waals surface area contributed by atoms with Crippen LogP contribution in [0.3, 0.4) is 0 Å². The van der Waals surface area contributed by atoms with E-state index in [9.17, 15) is 10.2 Å². The predicted octanol–water partition coefficient (Wildman–Crippen LogP) is 3.62. The maximum absolute atomic E-state index is 10.4. The van der Waals surface area contributed by atoms with Crippen molar-refractivity contribution in [3.05, 3.63) is 23.3 Å². The largest absolute Gasteiger partial charge is 0.504 e. The molecule has 3 aliphatic carbocycles. The number of aliphatic hydroxyl groups excluding tert-OH is 1. The molecule has 0 bridgehead atoms. The van der Waals surface area contributed by atoms with Gasteiger partial charge in [0.2, 0.25) is 0 Å². The van der Waals surface area contributed by atoms with Gasteiger partial charge in [-0.2, -0.15) is 0 Å². The van der Waals surface area contributed by atoms with Gasteiger partial charge in [0.25, 0.3) is 0 Å². The molecule has 0 aliphatic heterocycles. The van der Waals surface area contributed by atoms with Crippen LogP contribution in [0.4, 0.5) is 0 Å². The van der Waals surface area contributed by atoms with Crippen LogP contribution in [0.2, 0.25) is 0 Å². The Bertz CT molecular complexity index is 597. The van der Waals surface area contributed by atoms with Crippen molar-refractivity contribution in [2.24, 2.45) is 17.3 Å². The van der Waals surface area contributed by atoms with E-state index < -0.39 is 0 Å². The van der Waals surface area contributed by atoms with Gasteiger partial charge in [-0.15, -0.1) is 0 Å². The van der Waals surface area contributed by atoms with Crippen LogP contribution in [0.25, 0.3) is 0 Å². The van der Waals surface area contributed by atoms with Gasteiger partial charge in [-0.3, -0.25) is 0 Å². The Morgan fingerprint density at radius 2 is 2.00 bits per heavy atom. The van der Waals surface area contributed by atoms with Crippen LogP contribution in [0.15, 0.2) is 12.1 Å². The zero-order valence-electron chi connectivity index (χ0n) is 13.5. The van der Waals surface area contributed by atoms with Gasteiger partial charge in [-0.1, -0.05) is 6.92 Å². The van der Waals surface area contributed by atoms with Gasteiger partial charge in [0.15, 0.2) is 11.5 Å². The van der Waals surface area contributed by atoms with E-state index >= 15 is 0 Å². The zero-order chi connectivity index (χ0) is 15.5. The molecule has 0 spiro atoms. The Morgan fingerprint density at radius 1 is 1.18 bits per heavy atom. The third-order valence-corrected chi connectivity index (χ3v) is 6.97. The van der Waals surface area contributed by atoms with Crippen LogP contribution in [0.1, 0.15) is 56.1 Å². The molecule has 0 heterocycles. The summed E-state index contributed by atoms with van der Waals surface area (Å²) in [6, 6.07) is 3.97. The number of phenolic OH excluding ortho intramolecular Hbond substituents is 1. The number of phenols is 1. The zero-order valence-corrected chi connectivity index (χ0v) is 13.5. The molecule has 4 rings (SSSR count). The van der Waals surface area contributed by atoms with E-state index in [4.69, 9.17) is 4.74 Å². The average molecular weight is 302 g/mol. The molecule has 0 radical (unpaired) electrons. The summed E-state index contributed by atoms with van der Waals surface area (Å²) < 4.78 is 5.32. The van der Waals surface area contributed by atoms with Crippen molar-refractivity contribution in [2.75, 3.05) is 7.11 Å². The SMILES string of the molecule is COc1cc2c(cc1O)CCC1C2CC[C@@]2(C)C1CC[C@H]2O. The average Bonchev–Trinajstić information content (AvgIpc) is 2.82. The lowest BCUT2D eigenvalue weighted by molar-refractivity contribution is -0.0226. The second-order valence-corrected chi connectivity index (χ2v) is 7.78. The number of hydrogen-bond donors (Lipinski definition) is 2. The minimum atomic E-state index is -0.116. The van der Waals surface area contributed by atoms with Crippen molar-refractivity contribution in [2.45, 2.75) is 57.5 Å². The standard InChI is InChI=1S/C19H26O3/c1-19-8-7-12-13(15(19)5-6-18(19)21)4-3-11-9-16(20)17(22-2)10-14(11)12/h9-10,12-13,15,18,20-21H,3-8H2,1-2H3/t12?,13?,15?,18-,19+/m1/s1. The van der Waals surface area contributed by atoms with E-state index in [0.29, 0.717) is 23.5 Å². The van der Waals surface area contributed by atoms with E-state index in [2.05, 4.69) is 13.0 Å². The fraction of sp³-hybridized carbons (Fsp3) is 0.684. The number of aryl methyl sites for hydroxylation is 1. The fourth-order valence-corrected chi connectivity index (χ4v) is 5.72. The molecule has 3 aliphatic rings. The molecule has 0 saturated heterocycles. The molecule has 0 amide bonds. The number of methoxy groups -OCH3 is 1. The van der Waals surface area contributed by atoms with Crippen LogP contribution >= 0.6 is 0 Å². The van der Waals surface area contributed by atoms with Crippen molar-refractivity contribution in [1.29, 1.82) is 0 Å². The summed E-state index contributed by atoms with van der Waals surface area (Å²) in [5, 5.41) is 20.5. The lowest BCUT2D eigenvalue weighted by Gasteiger charge is -2.50. The first-order valence-corrected chi connectivity index (χ1v) is 8.62. The monoisotopic (exact) mass is 302 g/mol. The first kappa shape index (κ1) is 14.4. The Labute approximate surface area is 132 Å². The summed E-state index contributed by atoms with van der Waals surface area (Å²) in [4.78, 5) is 0. The van der Waals surface area contributed by atoms with Crippen LogP contribution in [-0.2, 0) is 6.42 Å². The van der Waals surface area contributed by atoms with Gasteiger partial charge < -0.3 is 14.9 Å². The fourth-order valence-electron chi connectivity index (χ4n) is 5.72. The van der Waals surface area contributed by atoms with Crippen molar-refractivity contribution >= 4 is 0 Å². The third-order valence-electron chi connectivity index (χ3n) is 6.97. The van der Waals surface area contributed by atoms with Crippen LogP contribution in [0.5, 0.6) is 11.5 Å². The summed E-state index contributed by atoms with van der Waals surface area (Å²) in [6.45, 7) is 2.30. The van der Waals surface area contributed by atoms with E-state index in [-0.39, 0.29) is 17.3 Å². The highest BCUT2D eigenvalue weighted by atomic mass is 16.5. The van der Waals surface area contributed by atoms with Gasteiger partial charge in [0.1, 0.15) is 0 Å². The molecule has 1 aromatic carbocycles. The number of ether oxygens (including phenoxy) is 1. The summed E-state index contributed by atoms with van der Waals surface area (Å²) in [6.07, 6.45) is 6.51. The van der Waals surface area contributed by atoms with Gasteiger partial charge in [-0.25, -0.2) is 0 Å². The number of aromatic hydroxyl groups is 1. The van der Waals surface area contributed by atoms with Crippen molar-refractivity contribution in [3.63, 3.8) is 0 Å². The summed E-state index contributed by atoms with van der Waals surface area (Å²) in [5.74, 6) is 2.75. The molecule has 2 saturated carbocycles. The lowest BCUT2D eigenvalue weighted by Crippen LogP contribution is -2.43. The Hall–Kier alpha value is -1.22. The predicted molar refractivity (Wildman–Crippen MR) is 85.3 cm³/mol. The normalized spacial score (nSPS) is 39.8. The second-order valence-electron chi connectivity index (χ2n) is 7.78. The molecular formula is C19H26O3. The molecule has 2 fully saturated rings. The van der Waals surface area contributed by atoms with Gasteiger partial charge >= 0.3 is 0 Å². The van der Waals surface area contributed by atoms with Crippen LogP contribution < -0.4 is 4.74 Å². The number of fused-ring (bicyclic) bond motifs is 5. The summed E-state index contributed by atoms with van der Waals surface area (Å²) >= 11 is 0. The highest BCUT2D eigenvalue weighted by Gasteiger charge is 2.54. The van der Waals surface area contributed by atoms with Gasteiger partial charge in [-0.05, 0) is 85.0 Å². The summed E-state index contributed by atoms with van der Waals surface area (Å²) in [7, 11) is 1.62. The number of hydrogen-bond acceptors (Lipinski definition) is 3. The molecule has 3 unspecified atom stereocenters. The van der Waals surface area contributed by atoms with E-state index in [1.807, 2.05) is 6.07 Å². The van der Waals surface area contributed by atoms with Crippen molar-refractivity contribution < 1.29 is 14.9 Å². The Balaban J connectivity index is 1.72. The second kappa shape index (κ2) is 4.89. The first-order chi connectivity index (χ1) is 10.5.